The van der Waals surface area contributed by atoms with Crippen molar-refractivity contribution in [3.8, 4) is 0 Å². The number of pyridine rings is 1. The second kappa shape index (κ2) is 8.27. The fourth-order valence-corrected chi connectivity index (χ4v) is 2.84. The highest BCUT2D eigenvalue weighted by Gasteiger charge is 2.15. The Hall–Kier alpha value is -3.47. The number of anilines is 2. The minimum Gasteiger partial charge on any atom is -0.321 e. The van der Waals surface area contributed by atoms with Gasteiger partial charge in [0.05, 0.1) is 0 Å². The van der Waals surface area contributed by atoms with Crippen molar-refractivity contribution in [3.05, 3.63) is 89.2 Å². The van der Waals surface area contributed by atoms with Gasteiger partial charge >= 0.3 is 0 Å². The van der Waals surface area contributed by atoms with Crippen LogP contribution in [0.4, 0.5) is 11.4 Å². The number of carbonyl (C=O) groups excluding carboxylic acids is 2. The standard InChI is InChI=1S/C24H25N3O2/c1-16-8-5-6-9-19(16)27-23(29)21-11-7-10-20(26-21)22(28)25-18-14-12-17(13-15-18)24(2,3)4/h5-15H,1-4H3,(H,25,28)(H,27,29). The molecule has 2 aromatic carbocycles. The molecule has 0 unspecified atom stereocenters. The van der Waals surface area contributed by atoms with Gasteiger partial charge in [0, 0.05) is 11.4 Å². The molecule has 0 aliphatic carbocycles. The van der Waals surface area contributed by atoms with Crippen LogP contribution >= 0.6 is 0 Å². The van der Waals surface area contributed by atoms with E-state index in [2.05, 4.69) is 36.4 Å². The van der Waals surface area contributed by atoms with E-state index in [1.165, 1.54) is 5.56 Å². The van der Waals surface area contributed by atoms with E-state index < -0.39 is 0 Å². The van der Waals surface area contributed by atoms with Crippen LogP contribution in [-0.2, 0) is 5.41 Å². The van der Waals surface area contributed by atoms with Gasteiger partial charge in [-0.3, -0.25) is 9.59 Å². The molecule has 0 aliphatic heterocycles. The summed E-state index contributed by atoms with van der Waals surface area (Å²) in [5.41, 5.74) is 3.94. The number of hydrogen-bond donors (Lipinski definition) is 2. The zero-order valence-corrected chi connectivity index (χ0v) is 17.1. The Bertz CT molecular complexity index is 1030. The predicted octanol–water partition coefficient (Wildman–Crippen LogP) is 5.19. The molecular weight excluding hydrogens is 362 g/mol. The first-order valence-electron chi connectivity index (χ1n) is 9.50. The molecular formula is C24H25N3O2. The Morgan fingerprint density at radius 2 is 1.34 bits per heavy atom. The second-order valence-corrected chi connectivity index (χ2v) is 7.96. The number of carbonyl (C=O) groups is 2. The molecule has 2 amide bonds. The quantitative estimate of drug-likeness (QED) is 0.647. The van der Waals surface area contributed by atoms with Gasteiger partial charge in [-0.2, -0.15) is 0 Å². The Balaban J connectivity index is 1.72. The molecule has 3 aromatic rings. The van der Waals surface area contributed by atoms with Gasteiger partial charge < -0.3 is 10.6 Å². The molecule has 0 aliphatic rings. The van der Waals surface area contributed by atoms with E-state index in [1.807, 2.05) is 55.5 Å². The van der Waals surface area contributed by atoms with Crippen LogP contribution in [0.1, 0.15) is 52.9 Å². The monoisotopic (exact) mass is 387 g/mol. The van der Waals surface area contributed by atoms with Crippen molar-refractivity contribution in [1.82, 2.24) is 4.98 Å². The third-order valence-electron chi connectivity index (χ3n) is 4.62. The zero-order chi connectivity index (χ0) is 21.0. The first kappa shape index (κ1) is 20.3. The molecule has 3 rings (SSSR count). The van der Waals surface area contributed by atoms with Crippen LogP contribution < -0.4 is 10.6 Å². The molecule has 0 bridgehead atoms. The summed E-state index contributed by atoms with van der Waals surface area (Å²) in [5.74, 6) is -0.720. The van der Waals surface area contributed by atoms with Crippen molar-refractivity contribution >= 4 is 23.2 Å². The van der Waals surface area contributed by atoms with E-state index >= 15 is 0 Å². The third kappa shape index (κ3) is 5.08. The Morgan fingerprint density at radius 3 is 1.93 bits per heavy atom. The number of nitrogens with one attached hydrogen (secondary N) is 2. The van der Waals surface area contributed by atoms with E-state index in [4.69, 9.17) is 0 Å². The topological polar surface area (TPSA) is 71.1 Å². The normalized spacial score (nSPS) is 11.0. The molecule has 5 nitrogen and oxygen atoms in total. The van der Waals surface area contributed by atoms with Crippen LogP contribution in [0.3, 0.4) is 0 Å². The molecule has 5 heteroatoms. The number of benzene rings is 2. The minimum absolute atomic E-state index is 0.0445. The molecule has 148 valence electrons. The third-order valence-corrected chi connectivity index (χ3v) is 4.62. The lowest BCUT2D eigenvalue weighted by Crippen LogP contribution is -2.19. The second-order valence-electron chi connectivity index (χ2n) is 7.96. The number of rotatable bonds is 4. The predicted molar refractivity (Wildman–Crippen MR) is 116 cm³/mol. The maximum Gasteiger partial charge on any atom is 0.274 e. The van der Waals surface area contributed by atoms with Crippen LogP contribution in [0.15, 0.2) is 66.7 Å². The highest BCUT2D eigenvalue weighted by Crippen LogP contribution is 2.23. The van der Waals surface area contributed by atoms with E-state index in [1.54, 1.807) is 18.2 Å². The SMILES string of the molecule is Cc1ccccc1NC(=O)c1cccc(C(=O)Nc2ccc(C(C)(C)C)cc2)n1. The summed E-state index contributed by atoms with van der Waals surface area (Å²) in [6, 6.07) is 20.0. The first-order chi connectivity index (χ1) is 13.7. The van der Waals surface area contributed by atoms with E-state index in [0.29, 0.717) is 11.4 Å². The van der Waals surface area contributed by atoms with E-state index in [9.17, 15) is 9.59 Å². The molecule has 1 aromatic heterocycles. The van der Waals surface area contributed by atoms with Gasteiger partial charge in [0.15, 0.2) is 0 Å². The molecule has 0 saturated carbocycles. The van der Waals surface area contributed by atoms with Crippen LogP contribution in [0, 0.1) is 6.92 Å². The maximum absolute atomic E-state index is 12.6. The van der Waals surface area contributed by atoms with E-state index in [-0.39, 0.29) is 28.6 Å². The molecule has 2 N–H and O–H groups in total. The Kier molecular flexibility index (Phi) is 5.78. The number of hydrogen-bond acceptors (Lipinski definition) is 3. The fourth-order valence-electron chi connectivity index (χ4n) is 2.84. The maximum atomic E-state index is 12.6. The molecule has 0 atom stereocenters. The smallest absolute Gasteiger partial charge is 0.274 e. The van der Waals surface area contributed by atoms with Crippen LogP contribution in [0.25, 0.3) is 0 Å². The highest BCUT2D eigenvalue weighted by atomic mass is 16.2. The van der Waals surface area contributed by atoms with Crippen molar-refractivity contribution in [2.45, 2.75) is 33.1 Å². The Morgan fingerprint density at radius 1 is 0.759 bits per heavy atom. The summed E-state index contributed by atoms with van der Waals surface area (Å²) in [6.07, 6.45) is 0. The average Bonchev–Trinajstić information content (AvgIpc) is 2.69. The summed E-state index contributed by atoms with van der Waals surface area (Å²) in [4.78, 5) is 29.3. The van der Waals surface area contributed by atoms with Gasteiger partial charge in [-0.1, -0.05) is 57.2 Å². The number of aromatic nitrogens is 1. The number of nitrogens with zero attached hydrogens (tertiary/aromatic N) is 1. The van der Waals surface area contributed by atoms with Gasteiger partial charge in [0.25, 0.3) is 11.8 Å². The lowest BCUT2D eigenvalue weighted by molar-refractivity contribution is 0.101. The zero-order valence-electron chi connectivity index (χ0n) is 17.1. The van der Waals surface area contributed by atoms with Crippen molar-refractivity contribution in [2.75, 3.05) is 10.6 Å². The van der Waals surface area contributed by atoms with Gasteiger partial charge in [0.1, 0.15) is 11.4 Å². The molecule has 0 spiro atoms. The van der Waals surface area contributed by atoms with Crippen molar-refractivity contribution in [3.63, 3.8) is 0 Å². The number of para-hydroxylation sites is 1. The van der Waals surface area contributed by atoms with Crippen LogP contribution in [0.2, 0.25) is 0 Å². The summed E-state index contributed by atoms with van der Waals surface area (Å²) in [7, 11) is 0. The molecule has 1 heterocycles. The summed E-state index contributed by atoms with van der Waals surface area (Å²) in [6.45, 7) is 8.33. The summed E-state index contributed by atoms with van der Waals surface area (Å²) >= 11 is 0. The van der Waals surface area contributed by atoms with E-state index in [0.717, 1.165) is 5.56 Å². The number of aryl methyl sites for hydroxylation is 1. The largest absolute Gasteiger partial charge is 0.321 e. The summed E-state index contributed by atoms with van der Waals surface area (Å²) in [5, 5.41) is 5.66. The van der Waals surface area contributed by atoms with Crippen molar-refractivity contribution in [2.24, 2.45) is 0 Å². The molecule has 0 radical (unpaired) electrons. The van der Waals surface area contributed by atoms with Gasteiger partial charge in [-0.05, 0) is 53.8 Å². The fraction of sp³-hybridized carbons (Fsp3) is 0.208. The first-order valence-corrected chi connectivity index (χ1v) is 9.50. The van der Waals surface area contributed by atoms with Crippen molar-refractivity contribution < 1.29 is 9.59 Å². The lowest BCUT2D eigenvalue weighted by atomic mass is 9.87. The summed E-state index contributed by atoms with van der Waals surface area (Å²) < 4.78 is 0. The molecule has 0 saturated heterocycles. The van der Waals surface area contributed by atoms with Gasteiger partial charge in [-0.25, -0.2) is 4.98 Å². The van der Waals surface area contributed by atoms with Gasteiger partial charge in [-0.15, -0.1) is 0 Å². The van der Waals surface area contributed by atoms with Gasteiger partial charge in [0.2, 0.25) is 0 Å². The average molecular weight is 387 g/mol. The highest BCUT2D eigenvalue weighted by molar-refractivity contribution is 6.06. The van der Waals surface area contributed by atoms with Crippen LogP contribution in [0.5, 0.6) is 0 Å². The Labute approximate surface area is 171 Å². The molecule has 29 heavy (non-hydrogen) atoms. The number of amides is 2. The minimum atomic E-state index is -0.362. The van der Waals surface area contributed by atoms with Crippen molar-refractivity contribution in [1.29, 1.82) is 0 Å². The lowest BCUT2D eigenvalue weighted by Gasteiger charge is -2.19. The molecule has 0 fully saturated rings. The van der Waals surface area contributed by atoms with Crippen LogP contribution in [-0.4, -0.2) is 16.8 Å².